The monoisotopic (exact) mass is 394 g/mol. The second-order valence-electron chi connectivity index (χ2n) is 5.67. The molecule has 0 aliphatic carbocycles. The molecular formula is C18H22N2O6S. The van der Waals surface area contributed by atoms with Gasteiger partial charge in [-0.05, 0) is 30.3 Å². The Morgan fingerprint density at radius 2 is 1.59 bits per heavy atom. The number of amides is 1. The van der Waals surface area contributed by atoms with E-state index in [9.17, 15) is 13.2 Å². The van der Waals surface area contributed by atoms with E-state index in [1.165, 1.54) is 47.6 Å². The fraction of sp³-hybridized carbons (Fsp3) is 0.278. The van der Waals surface area contributed by atoms with Crippen molar-refractivity contribution >= 4 is 21.6 Å². The molecule has 27 heavy (non-hydrogen) atoms. The van der Waals surface area contributed by atoms with Crippen molar-refractivity contribution in [2.45, 2.75) is 4.90 Å². The van der Waals surface area contributed by atoms with E-state index in [0.29, 0.717) is 17.2 Å². The summed E-state index contributed by atoms with van der Waals surface area (Å²) in [6.07, 6.45) is 0. The van der Waals surface area contributed by atoms with Crippen LogP contribution in [0.15, 0.2) is 41.3 Å². The van der Waals surface area contributed by atoms with Crippen molar-refractivity contribution in [1.29, 1.82) is 0 Å². The van der Waals surface area contributed by atoms with E-state index in [1.54, 1.807) is 24.3 Å². The van der Waals surface area contributed by atoms with Gasteiger partial charge < -0.3 is 19.5 Å². The van der Waals surface area contributed by atoms with Gasteiger partial charge in [0.25, 0.3) is 5.91 Å². The second-order valence-corrected chi connectivity index (χ2v) is 7.79. The van der Waals surface area contributed by atoms with Gasteiger partial charge >= 0.3 is 0 Å². The molecule has 0 radical (unpaired) electrons. The highest BCUT2D eigenvalue weighted by Gasteiger charge is 2.23. The highest BCUT2D eigenvalue weighted by Crippen LogP contribution is 2.30. The van der Waals surface area contributed by atoms with E-state index < -0.39 is 15.9 Å². The number of hydrogen-bond acceptors (Lipinski definition) is 6. The quantitative estimate of drug-likeness (QED) is 0.774. The molecule has 2 aromatic carbocycles. The molecule has 0 unspecified atom stereocenters. The number of anilines is 1. The average molecular weight is 394 g/mol. The Hall–Kier alpha value is -2.78. The molecule has 0 heterocycles. The van der Waals surface area contributed by atoms with Gasteiger partial charge in [-0.1, -0.05) is 0 Å². The maximum absolute atomic E-state index is 12.6. The van der Waals surface area contributed by atoms with Crippen molar-refractivity contribution in [3.8, 4) is 17.2 Å². The smallest absolute Gasteiger partial charge is 0.259 e. The van der Waals surface area contributed by atoms with Crippen LogP contribution in [0.4, 0.5) is 5.69 Å². The van der Waals surface area contributed by atoms with Crippen LogP contribution in [0, 0.1) is 0 Å². The zero-order chi connectivity index (χ0) is 20.2. The van der Waals surface area contributed by atoms with Gasteiger partial charge in [-0.25, -0.2) is 12.7 Å². The van der Waals surface area contributed by atoms with Gasteiger partial charge in [0.05, 0.1) is 26.9 Å². The molecule has 9 heteroatoms. The average Bonchev–Trinajstić information content (AvgIpc) is 2.67. The summed E-state index contributed by atoms with van der Waals surface area (Å²) in [6, 6.07) is 9.17. The summed E-state index contributed by atoms with van der Waals surface area (Å²) in [6.45, 7) is 0. The third-order valence-corrected chi connectivity index (χ3v) is 5.67. The van der Waals surface area contributed by atoms with Crippen LogP contribution in [0.2, 0.25) is 0 Å². The first-order valence-electron chi connectivity index (χ1n) is 7.88. The molecular weight excluding hydrogens is 372 g/mol. The summed E-state index contributed by atoms with van der Waals surface area (Å²) in [5.41, 5.74) is 0.588. The first-order chi connectivity index (χ1) is 12.7. The number of carbonyl (C=O) groups is 1. The van der Waals surface area contributed by atoms with Crippen LogP contribution in [0.3, 0.4) is 0 Å². The number of rotatable bonds is 7. The van der Waals surface area contributed by atoms with Crippen LogP contribution < -0.4 is 19.5 Å². The standard InChI is InChI=1S/C18H22N2O6S/c1-20(2)27(22,23)17-10-12(6-9-15(17)25-4)19-18(21)14-8-7-13(24-3)11-16(14)26-5/h6-11H,1-5H3,(H,19,21). The fourth-order valence-corrected chi connectivity index (χ4v) is 3.41. The number of nitrogens with zero attached hydrogens (tertiary/aromatic N) is 1. The van der Waals surface area contributed by atoms with E-state index in [2.05, 4.69) is 5.32 Å². The Labute approximate surface area is 158 Å². The molecule has 146 valence electrons. The van der Waals surface area contributed by atoms with Crippen LogP contribution in [-0.4, -0.2) is 54.1 Å². The van der Waals surface area contributed by atoms with Gasteiger partial charge in [-0.3, -0.25) is 4.79 Å². The van der Waals surface area contributed by atoms with E-state index >= 15 is 0 Å². The molecule has 0 saturated heterocycles. The lowest BCUT2D eigenvalue weighted by atomic mass is 10.1. The summed E-state index contributed by atoms with van der Waals surface area (Å²) in [5.74, 6) is 0.616. The number of nitrogens with one attached hydrogen (secondary N) is 1. The van der Waals surface area contributed by atoms with E-state index in [1.807, 2.05) is 0 Å². The van der Waals surface area contributed by atoms with Crippen LogP contribution in [-0.2, 0) is 10.0 Å². The SMILES string of the molecule is COc1ccc(C(=O)Nc2ccc(OC)c(S(=O)(=O)N(C)C)c2)c(OC)c1. The molecule has 0 aliphatic rings. The van der Waals surface area contributed by atoms with Crippen LogP contribution >= 0.6 is 0 Å². The van der Waals surface area contributed by atoms with Gasteiger partial charge in [-0.2, -0.15) is 0 Å². The third-order valence-electron chi connectivity index (χ3n) is 3.83. The van der Waals surface area contributed by atoms with Crippen molar-refractivity contribution in [2.75, 3.05) is 40.7 Å². The molecule has 8 nitrogen and oxygen atoms in total. The largest absolute Gasteiger partial charge is 0.497 e. The maximum Gasteiger partial charge on any atom is 0.259 e. The van der Waals surface area contributed by atoms with Gasteiger partial charge in [0.2, 0.25) is 10.0 Å². The van der Waals surface area contributed by atoms with E-state index in [0.717, 1.165) is 4.31 Å². The molecule has 2 aromatic rings. The molecule has 1 amide bonds. The number of benzene rings is 2. The normalized spacial score (nSPS) is 11.2. The van der Waals surface area contributed by atoms with Crippen molar-refractivity contribution < 1.29 is 27.4 Å². The summed E-state index contributed by atoms with van der Waals surface area (Å²) in [7, 11) is 3.43. The van der Waals surface area contributed by atoms with Crippen LogP contribution in [0.5, 0.6) is 17.2 Å². The summed E-state index contributed by atoms with van der Waals surface area (Å²) in [5, 5.41) is 2.67. The van der Waals surface area contributed by atoms with Gasteiger partial charge in [0.15, 0.2) is 0 Å². The minimum atomic E-state index is -3.75. The Morgan fingerprint density at radius 1 is 0.926 bits per heavy atom. The highest BCUT2D eigenvalue weighted by molar-refractivity contribution is 7.89. The Bertz CT molecular complexity index is 941. The molecule has 0 atom stereocenters. The Morgan fingerprint density at radius 3 is 2.15 bits per heavy atom. The lowest BCUT2D eigenvalue weighted by Gasteiger charge is -2.16. The number of sulfonamides is 1. The van der Waals surface area contributed by atoms with Crippen molar-refractivity contribution in [3.63, 3.8) is 0 Å². The molecule has 0 aliphatic heterocycles. The number of methoxy groups -OCH3 is 3. The molecule has 0 saturated carbocycles. The van der Waals surface area contributed by atoms with Crippen molar-refractivity contribution in [1.82, 2.24) is 4.31 Å². The van der Waals surface area contributed by atoms with Gasteiger partial charge in [0.1, 0.15) is 22.1 Å². The van der Waals surface area contributed by atoms with Gasteiger partial charge in [0, 0.05) is 25.8 Å². The molecule has 0 spiro atoms. The Kier molecular flexibility index (Phi) is 6.29. The van der Waals surface area contributed by atoms with Crippen molar-refractivity contribution in [3.05, 3.63) is 42.0 Å². The van der Waals surface area contributed by atoms with E-state index in [4.69, 9.17) is 14.2 Å². The minimum absolute atomic E-state index is 0.0468. The van der Waals surface area contributed by atoms with Crippen LogP contribution in [0.1, 0.15) is 10.4 Å². The fourth-order valence-electron chi connectivity index (χ4n) is 2.34. The second kappa shape index (κ2) is 8.28. The third kappa shape index (κ3) is 4.32. The zero-order valence-electron chi connectivity index (χ0n) is 15.8. The predicted octanol–water partition coefficient (Wildman–Crippen LogP) is 2.21. The predicted molar refractivity (Wildman–Crippen MR) is 101 cm³/mol. The summed E-state index contributed by atoms with van der Waals surface area (Å²) in [4.78, 5) is 12.6. The lowest BCUT2D eigenvalue weighted by molar-refractivity contribution is 0.102. The summed E-state index contributed by atoms with van der Waals surface area (Å²) >= 11 is 0. The topological polar surface area (TPSA) is 94.2 Å². The minimum Gasteiger partial charge on any atom is -0.497 e. The molecule has 1 N–H and O–H groups in total. The van der Waals surface area contributed by atoms with Gasteiger partial charge in [-0.15, -0.1) is 0 Å². The maximum atomic E-state index is 12.6. The van der Waals surface area contributed by atoms with Crippen LogP contribution in [0.25, 0.3) is 0 Å². The number of carbonyl (C=O) groups excluding carboxylic acids is 1. The first-order valence-corrected chi connectivity index (χ1v) is 9.32. The molecule has 0 aromatic heterocycles. The number of ether oxygens (including phenoxy) is 3. The van der Waals surface area contributed by atoms with Crippen molar-refractivity contribution in [2.24, 2.45) is 0 Å². The Balaban J connectivity index is 2.40. The molecule has 0 bridgehead atoms. The lowest BCUT2D eigenvalue weighted by Crippen LogP contribution is -2.23. The van der Waals surface area contributed by atoms with E-state index in [-0.39, 0.29) is 16.2 Å². The zero-order valence-corrected chi connectivity index (χ0v) is 16.6. The molecule has 2 rings (SSSR count). The highest BCUT2D eigenvalue weighted by atomic mass is 32.2. The molecule has 0 fully saturated rings. The number of hydrogen-bond donors (Lipinski definition) is 1. The summed E-state index contributed by atoms with van der Waals surface area (Å²) < 4.78 is 41.5. The first kappa shape index (κ1) is 20.5.